The molecule has 0 unspecified atom stereocenters. The molecular formula is C21H31N3OS+2. The fourth-order valence-electron chi connectivity index (χ4n) is 3.83. The van der Waals surface area contributed by atoms with Gasteiger partial charge in [0.25, 0.3) is 5.91 Å². The maximum absolute atomic E-state index is 12.8. The van der Waals surface area contributed by atoms with Gasteiger partial charge in [0.05, 0.1) is 18.0 Å². The summed E-state index contributed by atoms with van der Waals surface area (Å²) in [5, 5.41) is 5.42. The normalized spacial score (nSPS) is 22.6. The lowest BCUT2D eigenvalue weighted by atomic mass is 10.0. The monoisotopic (exact) mass is 373 g/mol. The summed E-state index contributed by atoms with van der Waals surface area (Å²) in [6, 6.07) is 10.7. The summed E-state index contributed by atoms with van der Waals surface area (Å²) >= 11 is 1.80. The summed E-state index contributed by atoms with van der Waals surface area (Å²) in [5.41, 5.74) is 3.13. The molecule has 3 rings (SSSR count). The van der Waals surface area contributed by atoms with E-state index in [1.165, 1.54) is 23.5 Å². The molecule has 1 aliphatic heterocycles. The Morgan fingerprint density at radius 1 is 1.12 bits per heavy atom. The average molecular weight is 374 g/mol. The molecule has 5 heteroatoms. The molecule has 26 heavy (non-hydrogen) atoms. The quantitative estimate of drug-likeness (QED) is 0.707. The van der Waals surface area contributed by atoms with Crippen molar-refractivity contribution in [3.63, 3.8) is 0 Å². The molecule has 2 heterocycles. The van der Waals surface area contributed by atoms with Crippen molar-refractivity contribution in [2.45, 2.75) is 32.9 Å². The SMILES string of the molecule is Cc1ccc(C(=O)N[C@@H](C)[C@@H](c2cccs2)[NH+]2CC[NH+](C)CC2)cc1C. The molecule has 0 bridgehead atoms. The number of hydrogen-bond donors (Lipinski definition) is 3. The van der Waals surface area contributed by atoms with E-state index in [4.69, 9.17) is 0 Å². The van der Waals surface area contributed by atoms with Gasteiger partial charge < -0.3 is 15.1 Å². The molecule has 0 saturated carbocycles. The van der Waals surface area contributed by atoms with Crippen LogP contribution in [-0.4, -0.2) is 45.2 Å². The van der Waals surface area contributed by atoms with E-state index in [-0.39, 0.29) is 11.9 Å². The molecular weight excluding hydrogens is 342 g/mol. The lowest BCUT2D eigenvalue weighted by Gasteiger charge is -2.36. The van der Waals surface area contributed by atoms with Gasteiger partial charge in [0, 0.05) is 5.56 Å². The van der Waals surface area contributed by atoms with E-state index in [9.17, 15) is 4.79 Å². The molecule has 1 aliphatic rings. The Hall–Kier alpha value is -1.69. The molecule has 0 aliphatic carbocycles. The molecule has 1 aromatic carbocycles. The number of piperazine rings is 1. The summed E-state index contributed by atoms with van der Waals surface area (Å²) in [5.74, 6) is 0.0290. The number of rotatable bonds is 5. The van der Waals surface area contributed by atoms with Crippen LogP contribution in [0.25, 0.3) is 0 Å². The zero-order valence-electron chi connectivity index (χ0n) is 16.3. The maximum atomic E-state index is 12.8. The van der Waals surface area contributed by atoms with Crippen molar-refractivity contribution >= 4 is 17.2 Å². The number of quaternary nitrogens is 2. The summed E-state index contributed by atoms with van der Waals surface area (Å²) in [6.45, 7) is 11.0. The van der Waals surface area contributed by atoms with Gasteiger partial charge in [-0.1, -0.05) is 12.1 Å². The first kappa shape index (κ1) is 19.1. The van der Waals surface area contributed by atoms with E-state index in [0.717, 1.165) is 24.2 Å². The van der Waals surface area contributed by atoms with Crippen LogP contribution < -0.4 is 15.1 Å². The second-order valence-corrected chi connectivity index (χ2v) is 8.65. The predicted molar refractivity (Wildman–Crippen MR) is 107 cm³/mol. The minimum atomic E-state index is 0.0290. The van der Waals surface area contributed by atoms with Crippen LogP contribution in [-0.2, 0) is 0 Å². The highest BCUT2D eigenvalue weighted by Crippen LogP contribution is 2.20. The van der Waals surface area contributed by atoms with Crippen molar-refractivity contribution < 1.29 is 14.6 Å². The van der Waals surface area contributed by atoms with E-state index < -0.39 is 0 Å². The largest absolute Gasteiger partial charge is 0.343 e. The highest BCUT2D eigenvalue weighted by Gasteiger charge is 2.34. The fraction of sp³-hybridized carbons (Fsp3) is 0.476. The number of thiophene rings is 1. The van der Waals surface area contributed by atoms with Crippen molar-refractivity contribution in [2.24, 2.45) is 0 Å². The number of carbonyl (C=O) groups excluding carboxylic acids is 1. The van der Waals surface area contributed by atoms with Gasteiger partial charge in [-0.25, -0.2) is 0 Å². The van der Waals surface area contributed by atoms with E-state index in [2.05, 4.69) is 50.6 Å². The van der Waals surface area contributed by atoms with Crippen LogP contribution in [0.4, 0.5) is 0 Å². The van der Waals surface area contributed by atoms with E-state index in [1.54, 1.807) is 21.1 Å². The Morgan fingerprint density at radius 2 is 1.85 bits per heavy atom. The van der Waals surface area contributed by atoms with Gasteiger partial charge in [0.1, 0.15) is 32.2 Å². The lowest BCUT2D eigenvalue weighted by Crippen LogP contribution is -3.27. The van der Waals surface area contributed by atoms with Crippen LogP contribution in [0, 0.1) is 13.8 Å². The molecule has 140 valence electrons. The summed E-state index contributed by atoms with van der Waals surface area (Å²) in [4.78, 5) is 17.4. The smallest absolute Gasteiger partial charge is 0.251 e. The highest BCUT2D eigenvalue weighted by atomic mass is 32.1. The summed E-state index contributed by atoms with van der Waals surface area (Å²) in [6.07, 6.45) is 0. The zero-order valence-corrected chi connectivity index (χ0v) is 17.1. The third kappa shape index (κ3) is 4.34. The Kier molecular flexibility index (Phi) is 6.12. The van der Waals surface area contributed by atoms with Crippen LogP contribution >= 0.6 is 11.3 Å². The number of benzene rings is 1. The summed E-state index contributed by atoms with van der Waals surface area (Å²) < 4.78 is 0. The molecule has 1 saturated heterocycles. The zero-order chi connectivity index (χ0) is 18.7. The van der Waals surface area contributed by atoms with Crippen molar-refractivity contribution in [2.75, 3.05) is 33.2 Å². The molecule has 3 N–H and O–H groups in total. The third-order valence-corrected chi connectivity index (χ3v) is 6.62. The van der Waals surface area contributed by atoms with Crippen molar-refractivity contribution in [3.05, 3.63) is 57.3 Å². The average Bonchev–Trinajstić information content (AvgIpc) is 3.13. The van der Waals surface area contributed by atoms with Gasteiger partial charge in [-0.15, -0.1) is 11.3 Å². The van der Waals surface area contributed by atoms with Crippen LogP contribution in [0.15, 0.2) is 35.7 Å². The predicted octanol–water partition coefficient (Wildman–Crippen LogP) is 0.638. The van der Waals surface area contributed by atoms with Gasteiger partial charge in [-0.3, -0.25) is 4.79 Å². The number of carbonyl (C=O) groups is 1. The van der Waals surface area contributed by atoms with E-state index >= 15 is 0 Å². The van der Waals surface area contributed by atoms with Gasteiger partial charge >= 0.3 is 0 Å². The molecule has 1 aromatic heterocycles. The molecule has 2 aromatic rings. The van der Waals surface area contributed by atoms with Gasteiger partial charge in [0.2, 0.25) is 0 Å². The minimum absolute atomic E-state index is 0.0290. The number of aryl methyl sites for hydroxylation is 2. The Morgan fingerprint density at radius 3 is 2.46 bits per heavy atom. The lowest BCUT2D eigenvalue weighted by molar-refractivity contribution is -1.02. The second-order valence-electron chi connectivity index (χ2n) is 7.67. The topological polar surface area (TPSA) is 38.0 Å². The summed E-state index contributed by atoms with van der Waals surface area (Å²) in [7, 11) is 2.27. The first-order valence-electron chi connectivity index (χ1n) is 9.53. The number of likely N-dealkylation sites (N-methyl/N-ethyl adjacent to an activating group) is 1. The van der Waals surface area contributed by atoms with E-state index in [0.29, 0.717) is 6.04 Å². The van der Waals surface area contributed by atoms with Crippen molar-refractivity contribution in [1.82, 2.24) is 5.32 Å². The van der Waals surface area contributed by atoms with Gasteiger partial charge in [-0.05, 0) is 55.5 Å². The van der Waals surface area contributed by atoms with Crippen LogP contribution in [0.5, 0.6) is 0 Å². The minimum Gasteiger partial charge on any atom is -0.343 e. The van der Waals surface area contributed by atoms with Gasteiger partial charge in [0.15, 0.2) is 0 Å². The number of nitrogens with one attached hydrogen (secondary N) is 3. The number of hydrogen-bond acceptors (Lipinski definition) is 2. The van der Waals surface area contributed by atoms with Crippen LogP contribution in [0.3, 0.4) is 0 Å². The Labute approximate surface area is 160 Å². The molecule has 1 fully saturated rings. The first-order valence-corrected chi connectivity index (χ1v) is 10.4. The molecule has 2 atom stereocenters. The Balaban J connectivity index is 1.75. The molecule has 1 amide bonds. The van der Waals surface area contributed by atoms with Gasteiger partial charge in [-0.2, -0.15) is 0 Å². The molecule has 0 spiro atoms. The standard InChI is InChI=1S/C21H29N3OS/c1-15-7-8-18(14-16(15)2)21(25)22-17(3)20(19-6-5-13-26-19)24-11-9-23(4)10-12-24/h5-8,13-14,17,20H,9-12H2,1-4H3,(H,22,25)/p+2/t17-,20-/m0/s1. The molecule has 0 radical (unpaired) electrons. The Bertz CT molecular complexity index is 736. The first-order chi connectivity index (χ1) is 12.5. The van der Waals surface area contributed by atoms with Crippen LogP contribution in [0.1, 0.15) is 39.3 Å². The third-order valence-electron chi connectivity index (χ3n) is 5.66. The van der Waals surface area contributed by atoms with Crippen molar-refractivity contribution in [3.8, 4) is 0 Å². The van der Waals surface area contributed by atoms with E-state index in [1.807, 2.05) is 18.2 Å². The van der Waals surface area contributed by atoms with Crippen molar-refractivity contribution in [1.29, 1.82) is 0 Å². The second kappa shape index (κ2) is 8.33. The number of amides is 1. The van der Waals surface area contributed by atoms with Crippen LogP contribution in [0.2, 0.25) is 0 Å². The maximum Gasteiger partial charge on any atom is 0.251 e. The fourth-order valence-corrected chi connectivity index (χ4v) is 4.82. The molecule has 4 nitrogen and oxygen atoms in total. The highest BCUT2D eigenvalue weighted by molar-refractivity contribution is 7.10.